The molecule has 3 nitrogen and oxygen atoms in total. The first kappa shape index (κ1) is 33.3. The van der Waals surface area contributed by atoms with Crippen molar-refractivity contribution in [2.24, 2.45) is 0 Å². The zero-order valence-electron chi connectivity index (χ0n) is 32.1. The van der Waals surface area contributed by atoms with Gasteiger partial charge < -0.3 is 13.9 Å². The second kappa shape index (κ2) is 13.4. The van der Waals surface area contributed by atoms with Gasteiger partial charge in [-0.2, -0.15) is 0 Å². The van der Waals surface area contributed by atoms with E-state index in [0.717, 1.165) is 66.8 Å². The zero-order valence-corrected chi connectivity index (χ0v) is 32.1. The largest absolute Gasteiger partial charge is 0.455 e. The van der Waals surface area contributed by atoms with Gasteiger partial charge in [-0.05, 0) is 106 Å². The monoisotopic (exact) mass is 752 g/mol. The maximum absolute atomic E-state index is 6.88. The molecule has 0 amide bonds. The van der Waals surface area contributed by atoms with Crippen LogP contribution in [0, 0.1) is 0 Å². The summed E-state index contributed by atoms with van der Waals surface area (Å²) in [5, 5.41) is 9.41. The molecule has 12 aromatic rings. The van der Waals surface area contributed by atoms with Gasteiger partial charge in [-0.15, -0.1) is 0 Å². The Hall–Kier alpha value is -7.88. The van der Waals surface area contributed by atoms with Gasteiger partial charge in [-0.1, -0.05) is 146 Å². The number of furan rings is 1. The van der Waals surface area contributed by atoms with Crippen molar-refractivity contribution in [3.63, 3.8) is 0 Å². The van der Waals surface area contributed by atoms with Gasteiger partial charge in [0.15, 0.2) is 0 Å². The standard InChI is InChI=1S/C56H36N2O/c1-3-16-41(17-4-1)57(44-32-33-54-51(35-44)47-21-11-12-25-53(47)58(54)42-18-5-2-6-19-42)43-30-28-38(29-31-43)50-36-52-49-24-13-23-45(40-27-26-37-14-7-8-15-39(37)34-40)55(49)59-56(52)48-22-10-9-20-46(48)50/h1-36H. The van der Waals surface area contributed by atoms with Crippen molar-refractivity contribution in [2.75, 3.05) is 4.90 Å². The van der Waals surface area contributed by atoms with E-state index in [1.807, 2.05) is 0 Å². The summed E-state index contributed by atoms with van der Waals surface area (Å²) < 4.78 is 9.24. The number of benzene rings is 10. The summed E-state index contributed by atoms with van der Waals surface area (Å²) in [6, 6.07) is 78.6. The Kier molecular flexibility index (Phi) is 7.54. The van der Waals surface area contributed by atoms with Gasteiger partial charge in [0, 0.05) is 55.2 Å². The fourth-order valence-electron chi connectivity index (χ4n) is 9.21. The highest BCUT2D eigenvalue weighted by Crippen LogP contribution is 2.44. The Bertz CT molecular complexity index is 3540. The molecular formula is C56H36N2O. The van der Waals surface area contributed by atoms with Crippen LogP contribution in [0.5, 0.6) is 0 Å². The maximum atomic E-state index is 6.88. The number of hydrogen-bond acceptors (Lipinski definition) is 2. The van der Waals surface area contributed by atoms with Crippen LogP contribution in [0.25, 0.3) is 93.2 Å². The van der Waals surface area contributed by atoms with Crippen molar-refractivity contribution in [1.82, 2.24) is 4.57 Å². The van der Waals surface area contributed by atoms with E-state index in [9.17, 15) is 0 Å². The highest BCUT2D eigenvalue weighted by molar-refractivity contribution is 6.21. The van der Waals surface area contributed by atoms with E-state index < -0.39 is 0 Å². The third-order valence-electron chi connectivity index (χ3n) is 11.9. The Morgan fingerprint density at radius 1 is 0.322 bits per heavy atom. The molecule has 3 heteroatoms. The fourth-order valence-corrected chi connectivity index (χ4v) is 9.21. The molecular weight excluding hydrogens is 717 g/mol. The number of hydrogen-bond donors (Lipinski definition) is 0. The van der Waals surface area contributed by atoms with Gasteiger partial charge >= 0.3 is 0 Å². The first-order valence-corrected chi connectivity index (χ1v) is 20.2. The van der Waals surface area contributed by atoms with E-state index >= 15 is 0 Å². The highest BCUT2D eigenvalue weighted by Gasteiger charge is 2.20. The topological polar surface area (TPSA) is 21.3 Å². The average molecular weight is 753 g/mol. The van der Waals surface area contributed by atoms with Crippen LogP contribution in [0.4, 0.5) is 17.1 Å². The lowest BCUT2D eigenvalue weighted by Gasteiger charge is -2.26. The Labute approximate surface area is 341 Å². The minimum Gasteiger partial charge on any atom is -0.455 e. The first-order valence-electron chi connectivity index (χ1n) is 20.2. The van der Waals surface area contributed by atoms with E-state index in [-0.39, 0.29) is 0 Å². The minimum absolute atomic E-state index is 0.915. The summed E-state index contributed by atoms with van der Waals surface area (Å²) in [5.74, 6) is 0. The molecule has 0 radical (unpaired) electrons. The average Bonchev–Trinajstić information content (AvgIpc) is 3.85. The predicted octanol–water partition coefficient (Wildman–Crippen LogP) is 15.8. The summed E-state index contributed by atoms with van der Waals surface area (Å²) in [7, 11) is 0. The second-order valence-electron chi connectivity index (χ2n) is 15.3. The quantitative estimate of drug-likeness (QED) is 0.169. The molecule has 0 N–H and O–H groups in total. The molecule has 2 aromatic heterocycles. The van der Waals surface area contributed by atoms with Crippen molar-refractivity contribution in [1.29, 1.82) is 0 Å². The van der Waals surface area contributed by atoms with Crippen LogP contribution >= 0.6 is 0 Å². The van der Waals surface area contributed by atoms with Crippen LogP contribution in [0.2, 0.25) is 0 Å². The van der Waals surface area contributed by atoms with Crippen molar-refractivity contribution in [3.8, 4) is 27.9 Å². The molecule has 0 unspecified atom stereocenters. The van der Waals surface area contributed by atoms with E-state index in [1.165, 1.54) is 43.5 Å². The third-order valence-corrected chi connectivity index (χ3v) is 11.9. The van der Waals surface area contributed by atoms with Crippen LogP contribution < -0.4 is 4.90 Å². The van der Waals surface area contributed by atoms with E-state index in [2.05, 4.69) is 228 Å². The van der Waals surface area contributed by atoms with Gasteiger partial charge in [0.2, 0.25) is 0 Å². The van der Waals surface area contributed by atoms with Gasteiger partial charge in [-0.25, -0.2) is 0 Å². The van der Waals surface area contributed by atoms with Crippen molar-refractivity contribution < 1.29 is 4.42 Å². The molecule has 0 spiro atoms. The van der Waals surface area contributed by atoms with Crippen LogP contribution in [-0.4, -0.2) is 4.57 Å². The minimum atomic E-state index is 0.915. The molecule has 0 atom stereocenters. The van der Waals surface area contributed by atoms with Crippen molar-refractivity contribution >= 4 is 82.4 Å². The summed E-state index contributed by atoms with van der Waals surface area (Å²) in [5.41, 5.74) is 13.2. The van der Waals surface area contributed by atoms with E-state index in [4.69, 9.17) is 4.42 Å². The molecule has 276 valence electrons. The molecule has 0 saturated heterocycles. The number of nitrogens with zero attached hydrogens (tertiary/aromatic N) is 2. The Balaban J connectivity index is 0.993. The predicted molar refractivity (Wildman–Crippen MR) is 249 cm³/mol. The van der Waals surface area contributed by atoms with Crippen LogP contribution in [0.1, 0.15) is 0 Å². The number of rotatable bonds is 6. The molecule has 0 aliphatic carbocycles. The number of fused-ring (bicyclic) bond motifs is 9. The summed E-state index contributed by atoms with van der Waals surface area (Å²) >= 11 is 0. The first-order chi connectivity index (χ1) is 29.3. The van der Waals surface area contributed by atoms with Crippen LogP contribution in [0.3, 0.4) is 0 Å². The summed E-state index contributed by atoms with van der Waals surface area (Å²) in [6.07, 6.45) is 0. The Morgan fingerprint density at radius 3 is 1.76 bits per heavy atom. The maximum Gasteiger partial charge on any atom is 0.143 e. The molecule has 0 bridgehead atoms. The van der Waals surface area contributed by atoms with Crippen LogP contribution in [-0.2, 0) is 0 Å². The lowest BCUT2D eigenvalue weighted by molar-refractivity contribution is 0.674. The van der Waals surface area contributed by atoms with Crippen LogP contribution in [0.15, 0.2) is 223 Å². The third kappa shape index (κ3) is 5.36. The van der Waals surface area contributed by atoms with E-state index in [0.29, 0.717) is 0 Å². The zero-order chi connectivity index (χ0) is 38.9. The molecule has 0 aliphatic heterocycles. The molecule has 59 heavy (non-hydrogen) atoms. The normalized spacial score (nSPS) is 11.7. The van der Waals surface area contributed by atoms with Crippen molar-refractivity contribution in [2.45, 2.75) is 0 Å². The Morgan fingerprint density at radius 2 is 0.932 bits per heavy atom. The second-order valence-corrected chi connectivity index (χ2v) is 15.3. The molecule has 2 heterocycles. The summed E-state index contributed by atoms with van der Waals surface area (Å²) in [4.78, 5) is 2.36. The van der Waals surface area contributed by atoms with Gasteiger partial charge in [0.05, 0.1) is 11.0 Å². The molecule has 0 fully saturated rings. The molecule has 10 aromatic carbocycles. The number of anilines is 3. The van der Waals surface area contributed by atoms with Crippen molar-refractivity contribution in [3.05, 3.63) is 218 Å². The fraction of sp³-hybridized carbons (Fsp3) is 0. The lowest BCUT2D eigenvalue weighted by Crippen LogP contribution is -2.09. The van der Waals surface area contributed by atoms with Gasteiger partial charge in [-0.3, -0.25) is 0 Å². The smallest absolute Gasteiger partial charge is 0.143 e. The van der Waals surface area contributed by atoms with Gasteiger partial charge in [0.25, 0.3) is 0 Å². The molecule has 12 rings (SSSR count). The molecule has 0 aliphatic rings. The summed E-state index contributed by atoms with van der Waals surface area (Å²) in [6.45, 7) is 0. The lowest BCUT2D eigenvalue weighted by atomic mass is 9.94. The highest BCUT2D eigenvalue weighted by atomic mass is 16.3. The van der Waals surface area contributed by atoms with E-state index in [1.54, 1.807) is 0 Å². The SMILES string of the molecule is c1ccc(N(c2ccc(-c3cc4c5cccc(-c6ccc7ccccc7c6)c5oc4c4ccccc34)cc2)c2ccc3c(c2)c2ccccc2n3-c2ccccc2)cc1. The molecule has 0 saturated carbocycles. The van der Waals surface area contributed by atoms with Gasteiger partial charge in [0.1, 0.15) is 11.2 Å². The number of aromatic nitrogens is 1. The number of para-hydroxylation sites is 4.